The Bertz CT molecular complexity index is 759. The van der Waals surface area contributed by atoms with Crippen LogP contribution in [0, 0.1) is 0 Å². The Labute approximate surface area is 146 Å². The van der Waals surface area contributed by atoms with E-state index in [-0.39, 0.29) is 18.4 Å². The molecule has 0 fully saturated rings. The minimum Gasteiger partial charge on any atom is -0.457 e. The highest BCUT2D eigenvalue weighted by atomic mass is 16.5. The lowest BCUT2D eigenvalue weighted by atomic mass is 10.2. The van der Waals surface area contributed by atoms with Crippen molar-refractivity contribution in [3.8, 4) is 0 Å². The van der Waals surface area contributed by atoms with E-state index >= 15 is 0 Å². The molecule has 0 unspecified atom stereocenters. The van der Waals surface area contributed by atoms with Crippen LogP contribution in [0.3, 0.4) is 0 Å². The predicted octanol–water partition coefficient (Wildman–Crippen LogP) is 2.51. The van der Waals surface area contributed by atoms with Crippen molar-refractivity contribution in [1.82, 2.24) is 5.32 Å². The zero-order valence-corrected chi connectivity index (χ0v) is 14.1. The van der Waals surface area contributed by atoms with E-state index in [9.17, 15) is 14.4 Å². The largest absolute Gasteiger partial charge is 0.457 e. The summed E-state index contributed by atoms with van der Waals surface area (Å²) in [4.78, 5) is 35.1. The van der Waals surface area contributed by atoms with Crippen molar-refractivity contribution in [2.75, 3.05) is 5.32 Å². The third kappa shape index (κ3) is 5.76. The van der Waals surface area contributed by atoms with Gasteiger partial charge in [-0.25, -0.2) is 4.79 Å². The van der Waals surface area contributed by atoms with E-state index in [0.29, 0.717) is 11.3 Å². The van der Waals surface area contributed by atoms with E-state index in [1.807, 2.05) is 30.3 Å². The first-order chi connectivity index (χ1) is 12.0. The topological polar surface area (TPSA) is 84.5 Å². The number of carbonyl (C=O) groups is 3. The van der Waals surface area contributed by atoms with Crippen molar-refractivity contribution in [2.24, 2.45) is 0 Å². The third-order valence-electron chi connectivity index (χ3n) is 3.39. The Kier molecular flexibility index (Phi) is 6.28. The zero-order chi connectivity index (χ0) is 18.2. The lowest BCUT2D eigenvalue weighted by Crippen LogP contribution is -2.40. The summed E-state index contributed by atoms with van der Waals surface area (Å²) in [5.41, 5.74) is 1.68. The molecule has 2 aromatic carbocycles. The van der Waals surface area contributed by atoms with Gasteiger partial charge >= 0.3 is 5.97 Å². The Hall–Kier alpha value is -3.15. The van der Waals surface area contributed by atoms with E-state index in [1.165, 1.54) is 13.0 Å². The number of anilines is 1. The van der Waals surface area contributed by atoms with Crippen LogP contribution in [0.4, 0.5) is 5.69 Å². The van der Waals surface area contributed by atoms with Crippen molar-refractivity contribution < 1.29 is 19.1 Å². The molecule has 6 nitrogen and oxygen atoms in total. The van der Waals surface area contributed by atoms with Gasteiger partial charge in [-0.1, -0.05) is 36.4 Å². The average molecular weight is 340 g/mol. The fourth-order valence-corrected chi connectivity index (χ4v) is 2.15. The van der Waals surface area contributed by atoms with E-state index < -0.39 is 12.0 Å². The molecule has 0 bridgehead atoms. The standard InChI is InChI=1S/C19H20N2O4/c1-13(20-14(2)22)18(23)21-17-10-6-9-16(11-17)19(24)25-12-15-7-4-3-5-8-15/h3-11,13H,12H2,1-2H3,(H,20,22)(H,21,23)/t13-/m0/s1. The number of carbonyl (C=O) groups excluding carboxylic acids is 3. The van der Waals surface area contributed by atoms with Gasteiger partial charge in [0.05, 0.1) is 5.56 Å². The molecule has 0 aliphatic carbocycles. The molecule has 25 heavy (non-hydrogen) atoms. The van der Waals surface area contributed by atoms with Gasteiger partial charge in [-0.05, 0) is 30.7 Å². The number of benzene rings is 2. The summed E-state index contributed by atoms with van der Waals surface area (Å²) in [6.07, 6.45) is 0. The first kappa shape index (κ1) is 18.2. The quantitative estimate of drug-likeness (QED) is 0.791. The van der Waals surface area contributed by atoms with E-state index in [1.54, 1.807) is 25.1 Å². The fourth-order valence-electron chi connectivity index (χ4n) is 2.15. The maximum Gasteiger partial charge on any atom is 0.338 e. The summed E-state index contributed by atoms with van der Waals surface area (Å²) in [7, 11) is 0. The normalized spacial score (nSPS) is 11.3. The summed E-state index contributed by atoms with van der Waals surface area (Å²) in [5.74, 6) is -1.14. The van der Waals surface area contributed by atoms with Crippen LogP contribution in [0.15, 0.2) is 54.6 Å². The highest BCUT2D eigenvalue weighted by Crippen LogP contribution is 2.13. The fraction of sp³-hybridized carbons (Fsp3) is 0.211. The molecular weight excluding hydrogens is 320 g/mol. The molecule has 0 spiro atoms. The molecule has 2 amide bonds. The van der Waals surface area contributed by atoms with Gasteiger partial charge in [0, 0.05) is 12.6 Å². The maximum absolute atomic E-state index is 12.1. The van der Waals surface area contributed by atoms with Crippen LogP contribution in [0.25, 0.3) is 0 Å². The van der Waals surface area contributed by atoms with Gasteiger partial charge < -0.3 is 15.4 Å². The number of hydrogen-bond acceptors (Lipinski definition) is 4. The molecule has 0 saturated carbocycles. The summed E-state index contributed by atoms with van der Waals surface area (Å²) in [5, 5.41) is 5.15. The van der Waals surface area contributed by atoms with Crippen LogP contribution in [-0.4, -0.2) is 23.8 Å². The van der Waals surface area contributed by atoms with Gasteiger partial charge in [0.15, 0.2) is 0 Å². The van der Waals surface area contributed by atoms with Crippen LogP contribution in [0.1, 0.15) is 29.8 Å². The highest BCUT2D eigenvalue weighted by Gasteiger charge is 2.15. The van der Waals surface area contributed by atoms with Crippen LogP contribution in [0.2, 0.25) is 0 Å². The summed E-state index contributed by atoms with van der Waals surface area (Å²) in [6, 6.07) is 15.1. The Morgan fingerprint density at radius 2 is 1.76 bits per heavy atom. The Balaban J connectivity index is 1.96. The van der Waals surface area contributed by atoms with Crippen LogP contribution in [-0.2, 0) is 20.9 Å². The second-order valence-electron chi connectivity index (χ2n) is 5.55. The molecule has 0 aliphatic rings. The highest BCUT2D eigenvalue weighted by molar-refractivity contribution is 5.98. The number of ether oxygens (including phenoxy) is 1. The monoisotopic (exact) mass is 340 g/mol. The molecule has 6 heteroatoms. The van der Waals surface area contributed by atoms with Crippen molar-refractivity contribution >= 4 is 23.5 Å². The molecule has 0 aliphatic heterocycles. The van der Waals surface area contributed by atoms with E-state index in [4.69, 9.17) is 4.74 Å². The van der Waals surface area contributed by atoms with Crippen molar-refractivity contribution in [3.05, 3.63) is 65.7 Å². The smallest absolute Gasteiger partial charge is 0.338 e. The maximum atomic E-state index is 12.1. The lowest BCUT2D eigenvalue weighted by molar-refractivity contribution is -0.124. The van der Waals surface area contributed by atoms with Gasteiger partial charge in [-0.15, -0.1) is 0 Å². The first-order valence-electron chi connectivity index (χ1n) is 7.85. The number of rotatable bonds is 6. The molecule has 0 radical (unpaired) electrons. The van der Waals surface area contributed by atoms with Gasteiger partial charge in [-0.2, -0.15) is 0 Å². The molecule has 0 aromatic heterocycles. The minimum absolute atomic E-state index is 0.176. The number of esters is 1. The first-order valence-corrected chi connectivity index (χ1v) is 7.85. The summed E-state index contributed by atoms with van der Waals surface area (Å²) < 4.78 is 5.27. The Morgan fingerprint density at radius 1 is 1.04 bits per heavy atom. The molecule has 2 rings (SSSR count). The van der Waals surface area contributed by atoms with Gasteiger partial charge in [0.25, 0.3) is 0 Å². The SMILES string of the molecule is CC(=O)N[C@@H](C)C(=O)Nc1cccc(C(=O)OCc2ccccc2)c1. The number of amides is 2. The average Bonchev–Trinajstić information content (AvgIpc) is 2.60. The van der Waals surface area contributed by atoms with Gasteiger partial charge in [0.1, 0.15) is 12.6 Å². The van der Waals surface area contributed by atoms with Crippen LogP contribution >= 0.6 is 0 Å². The second kappa shape index (κ2) is 8.63. The lowest BCUT2D eigenvalue weighted by Gasteiger charge is -2.13. The second-order valence-corrected chi connectivity index (χ2v) is 5.55. The van der Waals surface area contributed by atoms with E-state index in [0.717, 1.165) is 5.56 Å². The van der Waals surface area contributed by atoms with Crippen molar-refractivity contribution in [2.45, 2.75) is 26.5 Å². The number of nitrogens with one attached hydrogen (secondary N) is 2. The van der Waals surface area contributed by atoms with Crippen molar-refractivity contribution in [1.29, 1.82) is 0 Å². The molecule has 1 atom stereocenters. The molecule has 2 N–H and O–H groups in total. The van der Waals surface area contributed by atoms with Gasteiger partial charge in [0.2, 0.25) is 11.8 Å². The summed E-state index contributed by atoms with van der Waals surface area (Å²) >= 11 is 0. The number of hydrogen-bond donors (Lipinski definition) is 2. The minimum atomic E-state index is -0.675. The van der Waals surface area contributed by atoms with Crippen molar-refractivity contribution in [3.63, 3.8) is 0 Å². The van der Waals surface area contributed by atoms with Gasteiger partial charge in [-0.3, -0.25) is 9.59 Å². The molecule has 0 saturated heterocycles. The zero-order valence-electron chi connectivity index (χ0n) is 14.1. The third-order valence-corrected chi connectivity index (χ3v) is 3.39. The summed E-state index contributed by atoms with van der Waals surface area (Å²) in [6.45, 7) is 3.09. The predicted molar refractivity (Wildman–Crippen MR) is 93.9 cm³/mol. The van der Waals surface area contributed by atoms with Crippen LogP contribution in [0.5, 0.6) is 0 Å². The molecule has 130 valence electrons. The van der Waals surface area contributed by atoms with Crippen LogP contribution < -0.4 is 10.6 Å². The molecule has 0 heterocycles. The molecule has 2 aromatic rings. The molecular formula is C19H20N2O4. The van der Waals surface area contributed by atoms with E-state index in [2.05, 4.69) is 10.6 Å². The Morgan fingerprint density at radius 3 is 2.44 bits per heavy atom.